The first-order chi connectivity index (χ1) is 16.8. The first kappa shape index (κ1) is 24.4. The number of imidazole rings is 1. The van der Waals surface area contributed by atoms with Crippen LogP contribution in [-0.2, 0) is 30.0 Å². The first-order valence-corrected chi connectivity index (χ1v) is 12.1. The van der Waals surface area contributed by atoms with Gasteiger partial charge in [0.2, 0.25) is 0 Å². The van der Waals surface area contributed by atoms with Crippen molar-refractivity contribution < 1.29 is 14.3 Å². The summed E-state index contributed by atoms with van der Waals surface area (Å²) in [6.45, 7) is 5.52. The van der Waals surface area contributed by atoms with Crippen LogP contribution in [0.15, 0.2) is 41.2 Å². The van der Waals surface area contributed by atoms with Crippen LogP contribution >= 0.6 is 0 Å². The van der Waals surface area contributed by atoms with Crippen LogP contribution in [0.3, 0.4) is 0 Å². The van der Waals surface area contributed by atoms with Gasteiger partial charge in [-0.25, -0.2) is 9.59 Å². The number of para-hydroxylation sites is 1. The Labute approximate surface area is 204 Å². The number of aromatic nitrogens is 2. The van der Waals surface area contributed by atoms with Crippen molar-refractivity contribution in [3.63, 3.8) is 0 Å². The van der Waals surface area contributed by atoms with Crippen molar-refractivity contribution in [1.82, 2.24) is 9.13 Å². The quantitative estimate of drug-likeness (QED) is 0.523. The predicted molar refractivity (Wildman–Crippen MR) is 138 cm³/mol. The third-order valence-electron chi connectivity index (χ3n) is 6.74. The van der Waals surface area contributed by atoms with E-state index in [0.717, 1.165) is 34.4 Å². The molecule has 1 aliphatic rings. The van der Waals surface area contributed by atoms with Crippen LogP contribution in [0.1, 0.15) is 32.3 Å². The standard InChI is InChI=1S/C26H33N5O4/c1-5-17-9-7-8-10-19(17)27-25(33)28-20-15-22-23(30(4)26(34)29(22)3)16-21(20)31-13-11-18(12-14-31)24(32)35-6-2/h7-10,15-16,18H,5-6,11-14H2,1-4H3,(H2,27,28,33). The van der Waals surface area contributed by atoms with Gasteiger partial charge < -0.3 is 20.3 Å². The number of aryl methyl sites for hydroxylation is 3. The van der Waals surface area contributed by atoms with Crippen molar-refractivity contribution in [1.29, 1.82) is 0 Å². The summed E-state index contributed by atoms with van der Waals surface area (Å²) in [6, 6.07) is 11.1. The van der Waals surface area contributed by atoms with Gasteiger partial charge in [0.25, 0.3) is 0 Å². The van der Waals surface area contributed by atoms with E-state index in [1.54, 1.807) is 23.2 Å². The molecule has 9 nitrogen and oxygen atoms in total. The molecular weight excluding hydrogens is 446 g/mol. The van der Waals surface area contributed by atoms with Crippen LogP contribution in [0.2, 0.25) is 0 Å². The molecule has 186 valence electrons. The summed E-state index contributed by atoms with van der Waals surface area (Å²) in [7, 11) is 3.46. The van der Waals surface area contributed by atoms with Crippen LogP contribution in [0.4, 0.5) is 21.9 Å². The Hall–Kier alpha value is -3.75. The molecule has 1 saturated heterocycles. The molecule has 1 aliphatic heterocycles. The average molecular weight is 480 g/mol. The third-order valence-corrected chi connectivity index (χ3v) is 6.74. The lowest BCUT2D eigenvalue weighted by Crippen LogP contribution is -2.37. The summed E-state index contributed by atoms with van der Waals surface area (Å²) in [5, 5.41) is 5.95. The van der Waals surface area contributed by atoms with E-state index in [9.17, 15) is 14.4 Å². The molecular formula is C26H33N5O4. The second kappa shape index (κ2) is 10.2. The SMILES string of the molecule is CCOC(=O)C1CCN(c2cc3c(cc2NC(=O)Nc2ccccc2CC)n(C)c(=O)n3C)CC1. The van der Waals surface area contributed by atoms with Crippen molar-refractivity contribution in [2.75, 3.05) is 35.2 Å². The molecule has 2 heterocycles. The summed E-state index contributed by atoms with van der Waals surface area (Å²) in [5.74, 6) is -0.276. The lowest BCUT2D eigenvalue weighted by atomic mass is 9.96. The van der Waals surface area contributed by atoms with Gasteiger partial charge in [0, 0.05) is 32.9 Å². The zero-order valence-electron chi connectivity index (χ0n) is 20.8. The highest BCUT2D eigenvalue weighted by Crippen LogP contribution is 2.34. The monoisotopic (exact) mass is 479 g/mol. The van der Waals surface area contributed by atoms with Gasteiger partial charge in [-0.2, -0.15) is 0 Å². The number of esters is 1. The summed E-state index contributed by atoms with van der Waals surface area (Å²) in [5.41, 5.74) is 4.61. The van der Waals surface area contributed by atoms with E-state index in [-0.39, 0.29) is 23.6 Å². The predicted octanol–water partition coefficient (Wildman–Crippen LogP) is 3.86. The fourth-order valence-electron chi connectivity index (χ4n) is 4.74. The van der Waals surface area contributed by atoms with Crippen molar-refractivity contribution in [2.24, 2.45) is 20.0 Å². The van der Waals surface area contributed by atoms with E-state index in [0.29, 0.717) is 38.2 Å². The lowest BCUT2D eigenvalue weighted by Gasteiger charge is -2.34. The molecule has 0 radical (unpaired) electrons. The number of nitrogens with zero attached hydrogens (tertiary/aromatic N) is 3. The summed E-state index contributed by atoms with van der Waals surface area (Å²) in [4.78, 5) is 39.9. The van der Waals surface area contributed by atoms with Gasteiger partial charge in [-0.15, -0.1) is 0 Å². The number of hydrogen-bond acceptors (Lipinski definition) is 5. The van der Waals surface area contributed by atoms with Gasteiger partial charge in [0.05, 0.1) is 34.9 Å². The molecule has 2 amide bonds. The Balaban J connectivity index is 1.64. The highest BCUT2D eigenvalue weighted by Gasteiger charge is 2.28. The highest BCUT2D eigenvalue weighted by molar-refractivity contribution is 6.04. The number of anilines is 3. The van der Waals surface area contributed by atoms with Crippen LogP contribution in [-0.4, -0.2) is 40.8 Å². The Morgan fingerprint density at radius 1 is 0.971 bits per heavy atom. The largest absolute Gasteiger partial charge is 0.466 e. The molecule has 0 aliphatic carbocycles. The maximum Gasteiger partial charge on any atom is 0.328 e. The van der Waals surface area contributed by atoms with E-state index < -0.39 is 0 Å². The molecule has 0 atom stereocenters. The fourth-order valence-corrected chi connectivity index (χ4v) is 4.74. The maximum absolute atomic E-state index is 13.0. The zero-order chi connectivity index (χ0) is 25.1. The second-order valence-electron chi connectivity index (χ2n) is 8.86. The number of carbonyl (C=O) groups is 2. The van der Waals surface area contributed by atoms with E-state index >= 15 is 0 Å². The van der Waals surface area contributed by atoms with E-state index in [1.807, 2.05) is 50.2 Å². The number of nitrogens with one attached hydrogen (secondary N) is 2. The van der Waals surface area contributed by atoms with Gasteiger partial charge in [-0.1, -0.05) is 25.1 Å². The molecule has 0 spiro atoms. The number of carbonyl (C=O) groups excluding carboxylic acids is 2. The molecule has 0 saturated carbocycles. The second-order valence-corrected chi connectivity index (χ2v) is 8.86. The van der Waals surface area contributed by atoms with E-state index in [2.05, 4.69) is 15.5 Å². The Morgan fingerprint density at radius 2 is 1.60 bits per heavy atom. The molecule has 35 heavy (non-hydrogen) atoms. The number of fused-ring (bicyclic) bond motifs is 1. The lowest BCUT2D eigenvalue weighted by molar-refractivity contribution is -0.148. The Morgan fingerprint density at radius 3 is 2.26 bits per heavy atom. The number of urea groups is 1. The van der Waals surface area contributed by atoms with Gasteiger partial charge in [0.1, 0.15) is 0 Å². The molecule has 3 aromatic rings. The molecule has 2 aromatic carbocycles. The molecule has 0 bridgehead atoms. The number of rotatable bonds is 6. The molecule has 1 aromatic heterocycles. The topological polar surface area (TPSA) is 97.6 Å². The van der Waals surface area contributed by atoms with Gasteiger partial charge in [-0.05, 0) is 49.9 Å². The van der Waals surface area contributed by atoms with Crippen molar-refractivity contribution in [2.45, 2.75) is 33.1 Å². The number of benzene rings is 2. The molecule has 1 fully saturated rings. The van der Waals surface area contributed by atoms with Crippen molar-refractivity contribution in [3.8, 4) is 0 Å². The molecule has 9 heteroatoms. The third kappa shape index (κ3) is 4.89. The maximum atomic E-state index is 13.0. The highest BCUT2D eigenvalue weighted by atomic mass is 16.5. The van der Waals surface area contributed by atoms with Crippen molar-refractivity contribution >= 4 is 40.1 Å². The number of hydrogen-bond donors (Lipinski definition) is 2. The smallest absolute Gasteiger partial charge is 0.328 e. The minimum Gasteiger partial charge on any atom is -0.466 e. The molecule has 2 N–H and O–H groups in total. The van der Waals surface area contributed by atoms with E-state index in [4.69, 9.17) is 4.74 Å². The van der Waals surface area contributed by atoms with Gasteiger partial charge >= 0.3 is 17.7 Å². The minimum atomic E-state index is -0.353. The van der Waals surface area contributed by atoms with Gasteiger partial charge in [-0.3, -0.25) is 13.9 Å². The Bertz CT molecular complexity index is 1300. The molecule has 4 rings (SSSR count). The van der Waals surface area contributed by atoms with Gasteiger partial charge in [0.15, 0.2) is 0 Å². The summed E-state index contributed by atoms with van der Waals surface area (Å²) in [6.07, 6.45) is 2.13. The number of ether oxygens (including phenoxy) is 1. The first-order valence-electron chi connectivity index (χ1n) is 12.1. The Kier molecular flexibility index (Phi) is 7.14. The fraction of sp³-hybridized carbons (Fsp3) is 0.423. The van der Waals surface area contributed by atoms with Crippen LogP contribution in [0, 0.1) is 5.92 Å². The minimum absolute atomic E-state index is 0.124. The van der Waals surface area contributed by atoms with Crippen LogP contribution in [0.5, 0.6) is 0 Å². The summed E-state index contributed by atoms with van der Waals surface area (Å²) < 4.78 is 8.37. The summed E-state index contributed by atoms with van der Waals surface area (Å²) >= 11 is 0. The van der Waals surface area contributed by atoms with Crippen LogP contribution < -0.4 is 21.2 Å². The number of piperidine rings is 1. The zero-order valence-corrected chi connectivity index (χ0v) is 20.8. The normalized spacial score (nSPS) is 14.2. The number of amides is 2. The van der Waals surface area contributed by atoms with E-state index in [1.165, 1.54) is 0 Å². The van der Waals surface area contributed by atoms with Crippen molar-refractivity contribution in [3.05, 3.63) is 52.4 Å². The molecule has 0 unspecified atom stereocenters. The average Bonchev–Trinajstić information content (AvgIpc) is 3.07. The van der Waals surface area contributed by atoms with Crippen LogP contribution in [0.25, 0.3) is 11.0 Å².